The van der Waals surface area contributed by atoms with Crippen molar-refractivity contribution in [3.05, 3.63) is 16.7 Å². The van der Waals surface area contributed by atoms with Crippen LogP contribution >= 0.6 is 11.6 Å². The summed E-state index contributed by atoms with van der Waals surface area (Å²) >= 11 is 6.09. The zero-order chi connectivity index (χ0) is 10.1. The van der Waals surface area contributed by atoms with Crippen LogP contribution in [0.1, 0.15) is 42.5 Å². The standard InChI is InChI=1S/C10H13ClN2O/c1-7(14)9-10(11)13-6-4-2-3-5-8(13)12-9/h2-6H2,1H3. The van der Waals surface area contributed by atoms with Crippen molar-refractivity contribution in [2.24, 2.45) is 0 Å². The summed E-state index contributed by atoms with van der Waals surface area (Å²) < 4.78 is 1.98. The number of nitrogens with zero attached hydrogens (tertiary/aromatic N) is 2. The van der Waals surface area contributed by atoms with Gasteiger partial charge in [-0.15, -0.1) is 0 Å². The van der Waals surface area contributed by atoms with Gasteiger partial charge in [-0.05, 0) is 12.8 Å². The number of carbonyl (C=O) groups is 1. The highest BCUT2D eigenvalue weighted by molar-refractivity contribution is 6.32. The maximum absolute atomic E-state index is 11.2. The van der Waals surface area contributed by atoms with Gasteiger partial charge in [0, 0.05) is 19.9 Å². The van der Waals surface area contributed by atoms with Crippen molar-refractivity contribution in [2.75, 3.05) is 0 Å². The molecule has 0 bridgehead atoms. The molecular weight excluding hydrogens is 200 g/mol. The van der Waals surface area contributed by atoms with Gasteiger partial charge in [0.05, 0.1) is 0 Å². The molecule has 3 nitrogen and oxygen atoms in total. The average molecular weight is 213 g/mol. The van der Waals surface area contributed by atoms with Crippen LogP contribution in [-0.2, 0) is 13.0 Å². The molecule has 2 rings (SSSR count). The molecule has 0 saturated heterocycles. The lowest BCUT2D eigenvalue weighted by molar-refractivity contribution is 0.101. The quantitative estimate of drug-likeness (QED) is 0.671. The highest BCUT2D eigenvalue weighted by Gasteiger charge is 2.19. The zero-order valence-corrected chi connectivity index (χ0v) is 8.97. The molecule has 4 heteroatoms. The molecule has 0 fully saturated rings. The molecule has 1 aromatic rings. The number of aromatic nitrogens is 2. The van der Waals surface area contributed by atoms with Crippen LogP contribution in [-0.4, -0.2) is 15.3 Å². The van der Waals surface area contributed by atoms with Crippen LogP contribution in [0.2, 0.25) is 5.15 Å². The minimum Gasteiger partial charge on any atom is -0.318 e. The molecule has 0 atom stereocenters. The molecule has 1 aliphatic heterocycles. The van der Waals surface area contributed by atoms with Gasteiger partial charge in [0.2, 0.25) is 0 Å². The largest absolute Gasteiger partial charge is 0.318 e. The predicted molar refractivity (Wildman–Crippen MR) is 54.8 cm³/mol. The number of rotatable bonds is 1. The van der Waals surface area contributed by atoms with Crippen LogP contribution in [0.4, 0.5) is 0 Å². The molecule has 0 spiro atoms. The van der Waals surface area contributed by atoms with E-state index in [-0.39, 0.29) is 5.78 Å². The number of imidazole rings is 1. The van der Waals surface area contributed by atoms with Gasteiger partial charge >= 0.3 is 0 Å². The topological polar surface area (TPSA) is 34.9 Å². The Balaban J connectivity index is 2.45. The van der Waals surface area contributed by atoms with Crippen molar-refractivity contribution >= 4 is 17.4 Å². The highest BCUT2D eigenvalue weighted by atomic mass is 35.5. The molecule has 14 heavy (non-hydrogen) atoms. The second kappa shape index (κ2) is 3.73. The van der Waals surface area contributed by atoms with Crippen LogP contribution in [0, 0.1) is 0 Å². The van der Waals surface area contributed by atoms with Crippen LogP contribution in [0.25, 0.3) is 0 Å². The Kier molecular flexibility index (Phi) is 2.59. The fraction of sp³-hybridized carbons (Fsp3) is 0.600. The first-order chi connectivity index (χ1) is 6.70. The summed E-state index contributed by atoms with van der Waals surface area (Å²) in [4.78, 5) is 15.5. The fourth-order valence-corrected chi connectivity index (χ4v) is 2.21. The Morgan fingerprint density at radius 1 is 1.43 bits per heavy atom. The van der Waals surface area contributed by atoms with E-state index < -0.39 is 0 Å². The molecule has 76 valence electrons. The number of halogens is 1. The molecular formula is C10H13ClN2O. The number of Topliss-reactive ketones (excluding diaryl/α,β-unsaturated/α-hetero) is 1. The molecule has 0 amide bonds. The molecule has 0 radical (unpaired) electrons. The van der Waals surface area contributed by atoms with E-state index in [4.69, 9.17) is 11.6 Å². The Bertz CT molecular complexity index is 370. The Labute approximate surface area is 88.1 Å². The lowest BCUT2D eigenvalue weighted by Gasteiger charge is -2.02. The third-order valence-electron chi connectivity index (χ3n) is 2.60. The van der Waals surface area contributed by atoms with Crippen molar-refractivity contribution in [3.8, 4) is 0 Å². The summed E-state index contributed by atoms with van der Waals surface area (Å²) in [5.74, 6) is 0.924. The van der Waals surface area contributed by atoms with Crippen molar-refractivity contribution in [3.63, 3.8) is 0 Å². The number of aryl methyl sites for hydroxylation is 1. The van der Waals surface area contributed by atoms with E-state index in [1.807, 2.05) is 4.57 Å². The van der Waals surface area contributed by atoms with Crippen LogP contribution in [0.5, 0.6) is 0 Å². The van der Waals surface area contributed by atoms with E-state index in [1.54, 1.807) is 0 Å². The summed E-state index contributed by atoms with van der Waals surface area (Å²) in [6.45, 7) is 2.41. The van der Waals surface area contributed by atoms with Crippen molar-refractivity contribution in [2.45, 2.75) is 39.2 Å². The van der Waals surface area contributed by atoms with Gasteiger partial charge in [-0.25, -0.2) is 4.98 Å². The fourth-order valence-electron chi connectivity index (χ4n) is 1.85. The molecule has 2 heterocycles. The van der Waals surface area contributed by atoms with Crippen LogP contribution in [0.3, 0.4) is 0 Å². The average Bonchev–Trinajstić information content (AvgIpc) is 2.37. The first kappa shape index (κ1) is 9.71. The molecule has 0 saturated carbocycles. The second-order valence-corrected chi connectivity index (χ2v) is 4.04. The minimum absolute atomic E-state index is 0.0458. The molecule has 1 aliphatic rings. The third kappa shape index (κ3) is 1.57. The number of carbonyl (C=O) groups excluding carboxylic acids is 1. The van der Waals surface area contributed by atoms with Gasteiger partial charge in [-0.2, -0.15) is 0 Å². The van der Waals surface area contributed by atoms with Crippen molar-refractivity contribution in [1.29, 1.82) is 0 Å². The SMILES string of the molecule is CC(=O)c1nc2n(c1Cl)CCCCC2. The normalized spacial score (nSPS) is 16.1. The lowest BCUT2D eigenvalue weighted by Crippen LogP contribution is -2.00. The minimum atomic E-state index is -0.0458. The molecule has 0 N–H and O–H groups in total. The van der Waals surface area contributed by atoms with Gasteiger partial charge in [-0.1, -0.05) is 18.0 Å². The lowest BCUT2D eigenvalue weighted by atomic mass is 10.2. The number of fused-ring (bicyclic) bond motifs is 1. The van der Waals surface area contributed by atoms with Gasteiger partial charge in [0.25, 0.3) is 0 Å². The Hall–Kier alpha value is -0.830. The van der Waals surface area contributed by atoms with Gasteiger partial charge < -0.3 is 4.57 Å². The summed E-state index contributed by atoms with van der Waals surface area (Å²) in [5, 5.41) is 0.523. The predicted octanol–water partition coefficient (Wildman–Crippen LogP) is 2.47. The Morgan fingerprint density at radius 2 is 2.21 bits per heavy atom. The Morgan fingerprint density at radius 3 is 2.93 bits per heavy atom. The first-order valence-corrected chi connectivity index (χ1v) is 5.34. The van der Waals surface area contributed by atoms with E-state index in [0.29, 0.717) is 10.8 Å². The van der Waals surface area contributed by atoms with Crippen LogP contribution < -0.4 is 0 Å². The van der Waals surface area contributed by atoms with E-state index in [2.05, 4.69) is 4.98 Å². The van der Waals surface area contributed by atoms with Gasteiger partial charge in [0.15, 0.2) is 5.78 Å². The summed E-state index contributed by atoms with van der Waals surface area (Å²) in [6, 6.07) is 0. The molecule has 0 unspecified atom stereocenters. The zero-order valence-electron chi connectivity index (χ0n) is 8.22. The summed E-state index contributed by atoms with van der Waals surface area (Å²) in [5.41, 5.74) is 0.434. The van der Waals surface area contributed by atoms with Gasteiger partial charge in [-0.3, -0.25) is 4.79 Å². The number of hydrogen-bond donors (Lipinski definition) is 0. The van der Waals surface area contributed by atoms with E-state index in [9.17, 15) is 4.79 Å². The monoisotopic (exact) mass is 212 g/mol. The third-order valence-corrected chi connectivity index (χ3v) is 2.98. The number of hydrogen-bond acceptors (Lipinski definition) is 2. The summed E-state index contributed by atoms with van der Waals surface area (Å²) in [6.07, 6.45) is 4.42. The van der Waals surface area contributed by atoms with E-state index in [1.165, 1.54) is 13.3 Å². The summed E-state index contributed by atoms with van der Waals surface area (Å²) in [7, 11) is 0. The van der Waals surface area contributed by atoms with E-state index in [0.717, 1.165) is 31.6 Å². The molecule has 0 aromatic carbocycles. The van der Waals surface area contributed by atoms with Crippen molar-refractivity contribution < 1.29 is 4.79 Å². The van der Waals surface area contributed by atoms with E-state index >= 15 is 0 Å². The smallest absolute Gasteiger partial charge is 0.181 e. The second-order valence-electron chi connectivity index (χ2n) is 3.69. The molecule has 0 aliphatic carbocycles. The maximum atomic E-state index is 11.2. The molecule has 1 aromatic heterocycles. The van der Waals surface area contributed by atoms with Crippen molar-refractivity contribution in [1.82, 2.24) is 9.55 Å². The van der Waals surface area contributed by atoms with Crippen LogP contribution in [0.15, 0.2) is 0 Å². The maximum Gasteiger partial charge on any atom is 0.181 e. The van der Waals surface area contributed by atoms with Gasteiger partial charge in [0.1, 0.15) is 16.7 Å². The first-order valence-electron chi connectivity index (χ1n) is 4.96. The highest BCUT2D eigenvalue weighted by Crippen LogP contribution is 2.23. The number of ketones is 1.